The van der Waals surface area contributed by atoms with Crippen molar-refractivity contribution in [2.45, 2.75) is 59.9 Å². The first-order valence-electron chi connectivity index (χ1n) is 10.5. The van der Waals surface area contributed by atoms with E-state index in [-0.39, 0.29) is 35.0 Å². The van der Waals surface area contributed by atoms with Crippen molar-refractivity contribution in [3.8, 4) is 0 Å². The summed E-state index contributed by atoms with van der Waals surface area (Å²) in [6, 6.07) is -1.56. The zero-order valence-corrected chi connectivity index (χ0v) is 23.5. The number of carbonyl (C=O) groups is 2. The topological polar surface area (TPSA) is 113 Å². The first kappa shape index (κ1) is 31.6. The zero-order valence-electron chi connectivity index (χ0n) is 20.7. The Morgan fingerprint density at radius 1 is 1.21 bits per heavy atom. The number of rotatable bonds is 9. The summed E-state index contributed by atoms with van der Waals surface area (Å²) in [4.78, 5) is 23.7. The van der Waals surface area contributed by atoms with E-state index >= 15 is 0 Å². The van der Waals surface area contributed by atoms with Crippen molar-refractivity contribution in [2.75, 3.05) is 12.9 Å². The molecule has 0 radical (unpaired) electrons. The number of hydrogen-bond donors (Lipinski definition) is 1. The Hall–Kier alpha value is -1.45. The molecule has 0 fully saturated rings. The van der Waals surface area contributed by atoms with Crippen LogP contribution in [0.25, 0.3) is 0 Å². The van der Waals surface area contributed by atoms with E-state index in [0.29, 0.717) is 5.57 Å². The average molecular weight is 488 g/mol. The molecule has 178 valence electrons. The number of nitrogens with one attached hydrogen (secondary N) is 1. The second kappa shape index (κ2) is 14.1. The monoisotopic (exact) mass is 487 g/mol. The van der Waals surface area contributed by atoms with Crippen molar-refractivity contribution >= 4 is 22.0 Å². The summed E-state index contributed by atoms with van der Waals surface area (Å²) in [6.45, 7) is 10.4. The van der Waals surface area contributed by atoms with E-state index in [0.717, 1.165) is 19.1 Å². The van der Waals surface area contributed by atoms with E-state index < -0.39 is 33.8 Å². The van der Waals surface area contributed by atoms with Crippen molar-refractivity contribution < 1.29 is 56.9 Å². The Balaban J connectivity index is 0.0000102. The van der Waals surface area contributed by atoms with Crippen molar-refractivity contribution in [3.05, 3.63) is 58.7 Å². The minimum Gasteiger partial charge on any atom is -0.748 e. The van der Waals surface area contributed by atoms with Gasteiger partial charge in [-0.2, -0.15) is 0 Å². The number of allylic oxidation sites excluding steroid dienone is 9. The van der Waals surface area contributed by atoms with Crippen LogP contribution >= 0.6 is 0 Å². The number of methoxy groups -OCH3 is 1. The molecule has 1 aliphatic carbocycles. The molecule has 1 amide bonds. The zero-order chi connectivity index (χ0) is 24.5. The maximum absolute atomic E-state index is 12.1. The van der Waals surface area contributed by atoms with Crippen molar-refractivity contribution in [1.29, 1.82) is 0 Å². The van der Waals surface area contributed by atoms with Crippen molar-refractivity contribution in [2.24, 2.45) is 5.41 Å². The number of amides is 1. The fraction of sp³-hybridized carbons (Fsp3) is 0.500. The van der Waals surface area contributed by atoms with Gasteiger partial charge in [-0.1, -0.05) is 55.4 Å². The van der Waals surface area contributed by atoms with E-state index in [2.05, 4.69) is 43.0 Å². The summed E-state index contributed by atoms with van der Waals surface area (Å²) in [5.74, 6) is -2.78. The van der Waals surface area contributed by atoms with Crippen LogP contribution in [0.5, 0.6) is 0 Å². The number of carbonyl (C=O) groups excluding carboxylic acids is 2. The first-order chi connectivity index (χ1) is 14.7. The first-order valence-corrected chi connectivity index (χ1v) is 12.1. The fourth-order valence-corrected chi connectivity index (χ4v) is 4.24. The summed E-state index contributed by atoms with van der Waals surface area (Å²) < 4.78 is 37.2. The Morgan fingerprint density at radius 3 is 2.39 bits per heavy atom. The Kier molecular flexibility index (Phi) is 13.4. The van der Waals surface area contributed by atoms with Gasteiger partial charge in [0.1, 0.15) is 6.04 Å². The minimum absolute atomic E-state index is 0. The standard InChI is InChI=1S/C24H35NO6S.Na/c1-17(12-13-20-19(3)11-8-14-24(20,4)5)9-7-10-18(2)15-22(26)25-21(23(27)31-6)16-32(28,29)30;/h7,9-10,12-13,15,21H,8,11,14,16H2,1-6H3,(H,25,26)(H,28,29,30);/q;+1/p-1/b10-7+,13-12+,17-9+,18-15-;/t21-;/m1./s1. The van der Waals surface area contributed by atoms with E-state index in [1.807, 2.05) is 13.0 Å². The van der Waals surface area contributed by atoms with Gasteiger partial charge in [-0.25, -0.2) is 13.2 Å². The van der Waals surface area contributed by atoms with Crippen LogP contribution in [-0.4, -0.2) is 43.8 Å². The molecule has 0 bridgehead atoms. The summed E-state index contributed by atoms with van der Waals surface area (Å²) >= 11 is 0. The van der Waals surface area contributed by atoms with Gasteiger partial charge >= 0.3 is 35.5 Å². The van der Waals surface area contributed by atoms with Crippen LogP contribution in [0.15, 0.2) is 58.7 Å². The molecule has 9 heteroatoms. The summed E-state index contributed by atoms with van der Waals surface area (Å²) in [5.41, 5.74) is 4.62. The van der Waals surface area contributed by atoms with Gasteiger partial charge in [-0.3, -0.25) is 4.79 Å². The van der Waals surface area contributed by atoms with Crippen LogP contribution < -0.4 is 34.9 Å². The average Bonchev–Trinajstić information content (AvgIpc) is 2.64. The molecular weight excluding hydrogens is 453 g/mol. The van der Waals surface area contributed by atoms with Gasteiger partial charge < -0.3 is 14.6 Å². The van der Waals surface area contributed by atoms with E-state index in [1.165, 1.54) is 30.1 Å². The molecule has 0 saturated heterocycles. The summed E-state index contributed by atoms with van der Waals surface area (Å²) in [5, 5.41) is 2.19. The predicted molar refractivity (Wildman–Crippen MR) is 125 cm³/mol. The molecule has 0 saturated carbocycles. The van der Waals surface area contributed by atoms with Gasteiger partial charge in [0, 0.05) is 6.08 Å². The molecular formula is C24H34NNaO6S. The maximum atomic E-state index is 12.1. The molecule has 1 atom stereocenters. The number of esters is 1. The molecule has 0 aliphatic heterocycles. The Bertz CT molecular complexity index is 971. The van der Waals surface area contributed by atoms with Crippen LogP contribution in [0.3, 0.4) is 0 Å². The normalized spacial score (nSPS) is 18.3. The molecule has 1 N–H and O–H groups in total. The molecule has 0 aromatic rings. The van der Waals surface area contributed by atoms with Crippen LogP contribution in [0.1, 0.15) is 53.9 Å². The fourth-order valence-electron chi connectivity index (χ4n) is 3.62. The van der Waals surface area contributed by atoms with Gasteiger partial charge in [-0.15, -0.1) is 0 Å². The van der Waals surface area contributed by atoms with Gasteiger partial charge in [0.15, 0.2) is 0 Å². The third-order valence-corrected chi connectivity index (χ3v) is 6.05. The van der Waals surface area contributed by atoms with E-state index in [1.54, 1.807) is 19.1 Å². The molecule has 0 heterocycles. The van der Waals surface area contributed by atoms with Crippen molar-refractivity contribution in [3.63, 3.8) is 0 Å². The second-order valence-electron chi connectivity index (χ2n) is 8.73. The SMILES string of the molecule is COC(=O)[C@@H](CS(=O)(=O)[O-])NC(=O)\C=C(C)/C=C/C=C(C)/C=C/C1=C(C)CCCC1(C)C.[Na+]. The molecule has 1 aliphatic rings. The molecule has 0 unspecified atom stereocenters. The quantitative estimate of drug-likeness (QED) is 0.169. The van der Waals surface area contributed by atoms with Crippen molar-refractivity contribution in [1.82, 2.24) is 5.32 Å². The third-order valence-electron chi connectivity index (χ3n) is 5.31. The van der Waals surface area contributed by atoms with Crippen LogP contribution in [0.4, 0.5) is 0 Å². The smallest absolute Gasteiger partial charge is 0.748 e. The predicted octanol–water partition coefficient (Wildman–Crippen LogP) is 0.725. The summed E-state index contributed by atoms with van der Waals surface area (Å²) in [6.07, 6.45) is 14.4. The second-order valence-corrected chi connectivity index (χ2v) is 10.2. The molecule has 33 heavy (non-hydrogen) atoms. The molecule has 0 spiro atoms. The van der Waals surface area contributed by atoms with Gasteiger partial charge in [0.05, 0.1) is 23.0 Å². The molecule has 0 aromatic carbocycles. The largest absolute Gasteiger partial charge is 1.00 e. The number of hydrogen-bond acceptors (Lipinski definition) is 6. The van der Waals surface area contributed by atoms with Crippen LogP contribution in [0.2, 0.25) is 0 Å². The third kappa shape index (κ3) is 12.0. The van der Waals surface area contributed by atoms with Gasteiger partial charge in [-0.05, 0) is 56.6 Å². The number of ether oxygens (including phenoxy) is 1. The summed E-state index contributed by atoms with van der Waals surface area (Å²) in [7, 11) is -3.68. The Labute approximate surface area is 220 Å². The molecule has 1 rings (SSSR count). The van der Waals surface area contributed by atoms with Gasteiger partial charge in [0.2, 0.25) is 5.91 Å². The molecule has 7 nitrogen and oxygen atoms in total. The molecule has 0 aromatic heterocycles. The minimum atomic E-state index is -4.72. The Morgan fingerprint density at radius 2 is 1.85 bits per heavy atom. The van der Waals surface area contributed by atoms with Crippen LogP contribution in [0, 0.1) is 5.41 Å². The van der Waals surface area contributed by atoms with E-state index in [9.17, 15) is 22.6 Å². The van der Waals surface area contributed by atoms with Crippen LogP contribution in [-0.2, 0) is 24.4 Å². The maximum Gasteiger partial charge on any atom is 1.00 e. The van der Waals surface area contributed by atoms with E-state index in [4.69, 9.17) is 0 Å². The van der Waals surface area contributed by atoms with Gasteiger partial charge in [0.25, 0.3) is 0 Å².